The van der Waals surface area contributed by atoms with Gasteiger partial charge in [0.2, 0.25) is 0 Å². The SMILES string of the molecule is CC1(C)c2cc(-c3ccccc3)ccc2N(c2cccc(-c3cc4c5ccccc5c(=O)n5c(=O)c6ccccc6c(c3)c45)c2)C2C=CC(c3ccccc3)=CC21. The van der Waals surface area contributed by atoms with E-state index >= 15 is 0 Å². The molecule has 0 amide bonds. The van der Waals surface area contributed by atoms with Gasteiger partial charge in [-0.25, -0.2) is 4.40 Å². The number of hydrogen-bond donors (Lipinski definition) is 0. The molecule has 0 spiro atoms. The maximum Gasteiger partial charge on any atom is 0.266 e. The van der Waals surface area contributed by atoms with Crippen molar-refractivity contribution < 1.29 is 0 Å². The minimum atomic E-state index is -0.282. The van der Waals surface area contributed by atoms with Crippen molar-refractivity contribution in [3.05, 3.63) is 214 Å². The van der Waals surface area contributed by atoms with Crippen LogP contribution in [0.3, 0.4) is 0 Å². The Morgan fingerprint density at radius 2 is 1.05 bits per heavy atom. The van der Waals surface area contributed by atoms with Crippen molar-refractivity contribution in [1.82, 2.24) is 4.40 Å². The van der Waals surface area contributed by atoms with Gasteiger partial charge in [0.1, 0.15) is 0 Å². The molecule has 0 radical (unpaired) electrons. The number of aromatic nitrogens is 1. The third kappa shape index (κ3) is 5.00. The van der Waals surface area contributed by atoms with Crippen molar-refractivity contribution in [2.45, 2.75) is 25.3 Å². The largest absolute Gasteiger partial charge is 0.334 e. The average molecular weight is 735 g/mol. The first kappa shape index (κ1) is 33.3. The minimum Gasteiger partial charge on any atom is -0.334 e. The molecule has 4 heteroatoms. The van der Waals surface area contributed by atoms with Crippen LogP contribution in [0, 0.1) is 5.92 Å². The van der Waals surface area contributed by atoms with E-state index in [0.29, 0.717) is 16.3 Å². The molecular weight excluding hydrogens is 697 g/mol. The summed E-state index contributed by atoms with van der Waals surface area (Å²) in [6.45, 7) is 4.80. The molecule has 11 rings (SSSR count). The van der Waals surface area contributed by atoms with Gasteiger partial charge in [0.25, 0.3) is 11.1 Å². The van der Waals surface area contributed by atoms with Gasteiger partial charge in [0, 0.05) is 44.3 Å². The lowest BCUT2D eigenvalue weighted by Gasteiger charge is -2.51. The molecule has 272 valence electrons. The summed E-state index contributed by atoms with van der Waals surface area (Å²) in [5.41, 5.74) is 10.5. The fraction of sp³-hybridized carbons (Fsp3) is 0.0943. The molecule has 1 aliphatic carbocycles. The summed E-state index contributed by atoms with van der Waals surface area (Å²) < 4.78 is 1.39. The zero-order valence-corrected chi connectivity index (χ0v) is 31.7. The lowest BCUT2D eigenvalue weighted by atomic mass is 9.64. The molecular formula is C53H38N2O2. The predicted molar refractivity (Wildman–Crippen MR) is 237 cm³/mol. The zero-order chi connectivity index (χ0) is 38.4. The number of pyridine rings is 2. The second-order valence-electron chi connectivity index (χ2n) is 16.1. The normalized spacial score (nSPS) is 17.2. The Hall–Kier alpha value is -7.04. The Morgan fingerprint density at radius 3 is 1.70 bits per heavy atom. The highest BCUT2D eigenvalue weighted by Crippen LogP contribution is 2.53. The van der Waals surface area contributed by atoms with Crippen molar-refractivity contribution in [3.63, 3.8) is 0 Å². The average Bonchev–Trinajstić information content (AvgIpc) is 3.26. The molecule has 57 heavy (non-hydrogen) atoms. The van der Waals surface area contributed by atoms with Gasteiger partial charge in [0.05, 0.1) is 11.6 Å². The van der Waals surface area contributed by atoms with E-state index in [0.717, 1.165) is 38.4 Å². The molecule has 9 aromatic rings. The number of rotatable bonds is 4. The number of nitrogens with zero attached hydrogens (tertiary/aromatic N) is 2. The first-order valence-electron chi connectivity index (χ1n) is 19.7. The van der Waals surface area contributed by atoms with E-state index in [1.54, 1.807) is 0 Å². The zero-order valence-electron chi connectivity index (χ0n) is 31.7. The van der Waals surface area contributed by atoms with Crippen LogP contribution < -0.4 is 16.0 Å². The van der Waals surface area contributed by atoms with Crippen molar-refractivity contribution in [3.8, 4) is 22.3 Å². The van der Waals surface area contributed by atoms with E-state index < -0.39 is 0 Å². The first-order chi connectivity index (χ1) is 27.9. The second kappa shape index (κ2) is 12.5. The van der Waals surface area contributed by atoms with Crippen molar-refractivity contribution >= 4 is 54.8 Å². The molecule has 4 nitrogen and oxygen atoms in total. The Balaban J connectivity index is 1.13. The van der Waals surface area contributed by atoms with Gasteiger partial charge in [-0.15, -0.1) is 0 Å². The maximum atomic E-state index is 13.9. The number of allylic oxidation sites excluding steroid dienone is 2. The molecule has 2 aromatic heterocycles. The van der Waals surface area contributed by atoms with Gasteiger partial charge in [0.15, 0.2) is 0 Å². The summed E-state index contributed by atoms with van der Waals surface area (Å²) in [5, 5.41) is 4.54. The number of benzene rings is 7. The predicted octanol–water partition coefficient (Wildman–Crippen LogP) is 12.0. The molecule has 7 aromatic carbocycles. The molecule has 0 N–H and O–H groups in total. The summed E-state index contributed by atoms with van der Waals surface area (Å²) in [6, 6.07) is 56.9. The quantitative estimate of drug-likeness (QED) is 0.134. The third-order valence-corrected chi connectivity index (χ3v) is 12.6. The summed E-state index contributed by atoms with van der Waals surface area (Å²) >= 11 is 0. The summed E-state index contributed by atoms with van der Waals surface area (Å²) in [6.07, 6.45) is 7.19. The standard InChI is InChI=1S/C53H38N2O2/c1-53(2)46-31-36(33-14-5-3-6-15-33)24-26-48(46)54(49-27-25-37(32-47(49)53)34-16-7-4-8-17-34)39-19-13-18-35(28-39)38-29-44-40-20-9-11-22-42(40)51(56)55-50(44)45(30-38)41-21-10-12-23-43(41)52(55)57/h3-32,46,48H,1-2H3. The molecule has 2 unspecified atom stereocenters. The molecule has 1 aliphatic heterocycles. The number of fused-ring (bicyclic) bond motifs is 6. The van der Waals surface area contributed by atoms with E-state index in [4.69, 9.17) is 0 Å². The maximum absolute atomic E-state index is 13.9. The topological polar surface area (TPSA) is 41.8 Å². The molecule has 3 heterocycles. The van der Waals surface area contributed by atoms with E-state index in [2.05, 4.69) is 152 Å². The van der Waals surface area contributed by atoms with Crippen LogP contribution in [0.25, 0.3) is 65.7 Å². The van der Waals surface area contributed by atoms with Gasteiger partial charge >= 0.3 is 0 Å². The molecule has 2 aliphatic rings. The third-order valence-electron chi connectivity index (χ3n) is 12.6. The highest BCUT2D eigenvalue weighted by atomic mass is 16.2. The highest BCUT2D eigenvalue weighted by molar-refractivity contribution is 6.19. The van der Waals surface area contributed by atoms with E-state index in [1.807, 2.05) is 48.5 Å². The van der Waals surface area contributed by atoms with Gasteiger partial charge < -0.3 is 4.90 Å². The van der Waals surface area contributed by atoms with Crippen molar-refractivity contribution in [1.29, 1.82) is 0 Å². The van der Waals surface area contributed by atoms with E-state index in [-0.39, 0.29) is 28.5 Å². The minimum absolute atomic E-state index is 0.0758. The Kier molecular flexibility index (Phi) is 7.30. The van der Waals surface area contributed by atoms with Crippen LogP contribution in [-0.2, 0) is 5.41 Å². The molecule has 0 saturated carbocycles. The molecule has 0 saturated heterocycles. The van der Waals surface area contributed by atoms with Crippen LogP contribution in [0.4, 0.5) is 11.4 Å². The van der Waals surface area contributed by atoms with Crippen LogP contribution in [0.5, 0.6) is 0 Å². The van der Waals surface area contributed by atoms with Crippen molar-refractivity contribution in [2.24, 2.45) is 5.92 Å². The lowest BCUT2D eigenvalue weighted by molar-refractivity contribution is 0.333. The fourth-order valence-corrected chi connectivity index (χ4v) is 9.73. The van der Waals surface area contributed by atoms with Gasteiger partial charge in [-0.3, -0.25) is 9.59 Å². The summed E-state index contributed by atoms with van der Waals surface area (Å²) in [7, 11) is 0. The van der Waals surface area contributed by atoms with Gasteiger partial charge in [-0.1, -0.05) is 147 Å². The van der Waals surface area contributed by atoms with Crippen LogP contribution in [0.1, 0.15) is 25.0 Å². The Morgan fingerprint density at radius 1 is 0.491 bits per heavy atom. The van der Waals surface area contributed by atoms with Gasteiger partial charge in [-0.05, 0) is 98.3 Å². The number of hydrogen-bond acceptors (Lipinski definition) is 3. The second-order valence-corrected chi connectivity index (χ2v) is 16.1. The summed E-state index contributed by atoms with van der Waals surface area (Å²) in [5.74, 6) is 0.183. The van der Waals surface area contributed by atoms with Crippen LogP contribution >= 0.6 is 0 Å². The van der Waals surface area contributed by atoms with E-state index in [9.17, 15) is 9.59 Å². The van der Waals surface area contributed by atoms with Crippen LogP contribution in [-0.4, -0.2) is 10.4 Å². The molecule has 0 bridgehead atoms. The first-order valence-corrected chi connectivity index (χ1v) is 19.7. The Labute approximate surface area is 330 Å². The lowest BCUT2D eigenvalue weighted by Crippen LogP contribution is -2.50. The van der Waals surface area contributed by atoms with Crippen LogP contribution in [0.15, 0.2) is 192 Å². The van der Waals surface area contributed by atoms with Crippen molar-refractivity contribution in [2.75, 3.05) is 4.90 Å². The number of anilines is 2. The molecule has 0 fully saturated rings. The van der Waals surface area contributed by atoms with E-state index in [1.165, 1.54) is 37.9 Å². The smallest absolute Gasteiger partial charge is 0.266 e. The Bertz CT molecular complexity index is 3170. The fourth-order valence-electron chi connectivity index (χ4n) is 9.73. The van der Waals surface area contributed by atoms with Gasteiger partial charge in [-0.2, -0.15) is 0 Å². The summed E-state index contributed by atoms with van der Waals surface area (Å²) in [4.78, 5) is 30.4. The monoisotopic (exact) mass is 734 g/mol. The highest BCUT2D eigenvalue weighted by Gasteiger charge is 2.46. The van der Waals surface area contributed by atoms with Crippen LogP contribution in [0.2, 0.25) is 0 Å². The molecule has 2 atom stereocenters.